The Morgan fingerprint density at radius 2 is 1.24 bits per heavy atom. The van der Waals surface area contributed by atoms with Gasteiger partial charge in [0.25, 0.3) is 0 Å². The molecule has 0 aliphatic carbocycles. The first-order valence-corrected chi connectivity index (χ1v) is 9.11. The first kappa shape index (κ1) is 15.9. The van der Waals surface area contributed by atoms with E-state index in [0.717, 1.165) is 11.4 Å². The van der Waals surface area contributed by atoms with Crippen LogP contribution < -0.4 is 27.1 Å². The lowest BCUT2D eigenvalue weighted by molar-refractivity contribution is 0.569. The van der Waals surface area contributed by atoms with Crippen molar-refractivity contribution in [2.45, 2.75) is 0 Å². The van der Waals surface area contributed by atoms with Gasteiger partial charge in [-0.25, -0.2) is 0 Å². The lowest BCUT2D eigenvalue weighted by atomic mass is 10.3. The average molecular weight is 322 g/mol. The lowest BCUT2D eigenvalue weighted by Crippen LogP contribution is -2.41. The molecule has 0 aliphatic rings. The van der Waals surface area contributed by atoms with E-state index in [1.807, 2.05) is 60.7 Å². The summed E-state index contributed by atoms with van der Waals surface area (Å²) < 4.78 is 1.47. The zero-order valence-corrected chi connectivity index (χ0v) is 13.4. The van der Waals surface area contributed by atoms with Gasteiger partial charge in [0.15, 0.2) is 6.49 Å². The van der Waals surface area contributed by atoms with Crippen LogP contribution in [0.2, 0.25) is 0 Å². The van der Waals surface area contributed by atoms with Crippen molar-refractivity contribution < 1.29 is 0 Å². The van der Waals surface area contributed by atoms with Crippen LogP contribution in [0.5, 0.6) is 0 Å². The third-order valence-corrected chi connectivity index (χ3v) is 5.73. The molecular formula is C13H19N6PS. The molecule has 0 atom stereocenters. The fourth-order valence-corrected chi connectivity index (χ4v) is 2.72. The summed E-state index contributed by atoms with van der Waals surface area (Å²) in [5.41, 5.74) is 7.97. The first-order chi connectivity index (χ1) is 10.1. The number of hydrazine groups is 3. The Bertz CT molecular complexity index is 545. The Labute approximate surface area is 129 Å². The Kier molecular flexibility index (Phi) is 5.69. The summed E-state index contributed by atoms with van der Waals surface area (Å²) in [5.74, 6) is 5.87. The van der Waals surface area contributed by atoms with Gasteiger partial charge in [-0.2, -0.15) is 15.2 Å². The molecule has 0 spiro atoms. The number of rotatable bonds is 7. The van der Waals surface area contributed by atoms with Crippen LogP contribution in [0.15, 0.2) is 60.7 Å². The molecule has 2 rings (SSSR count). The number of benzene rings is 2. The van der Waals surface area contributed by atoms with Crippen LogP contribution in [-0.2, 0) is 11.8 Å². The van der Waals surface area contributed by atoms with Gasteiger partial charge in [-0.15, -0.1) is 0 Å². The molecule has 8 heteroatoms. The van der Waals surface area contributed by atoms with E-state index in [0.29, 0.717) is 0 Å². The zero-order valence-electron chi connectivity index (χ0n) is 11.7. The number of nitrogens with zero attached hydrogens (tertiary/aromatic N) is 1. The van der Waals surface area contributed by atoms with Crippen LogP contribution in [0.1, 0.15) is 0 Å². The minimum absolute atomic E-state index is 0.912. The van der Waals surface area contributed by atoms with E-state index >= 15 is 0 Å². The Balaban J connectivity index is 1.98. The summed E-state index contributed by atoms with van der Waals surface area (Å²) in [6.07, 6.45) is 0. The molecule has 0 amide bonds. The Hall–Kier alpha value is -1.47. The van der Waals surface area contributed by atoms with Gasteiger partial charge in [-0.1, -0.05) is 36.4 Å². The van der Waals surface area contributed by atoms with Crippen LogP contribution in [0.25, 0.3) is 0 Å². The van der Waals surface area contributed by atoms with Crippen molar-refractivity contribution in [2.24, 2.45) is 5.84 Å². The number of hydrogen-bond acceptors (Lipinski definition) is 4. The predicted octanol–water partition coefficient (Wildman–Crippen LogP) is 2.25. The molecule has 0 aliphatic heterocycles. The van der Waals surface area contributed by atoms with Crippen molar-refractivity contribution in [3.63, 3.8) is 0 Å². The van der Waals surface area contributed by atoms with Gasteiger partial charge in [-0.05, 0) is 36.1 Å². The monoisotopic (exact) mass is 322 g/mol. The quantitative estimate of drug-likeness (QED) is 0.304. The molecule has 2 aromatic carbocycles. The second-order valence-electron chi connectivity index (χ2n) is 4.36. The van der Waals surface area contributed by atoms with Crippen molar-refractivity contribution in [3.05, 3.63) is 60.7 Å². The second kappa shape index (κ2) is 7.51. The maximum atomic E-state index is 5.87. The highest BCUT2D eigenvalue weighted by atomic mass is 32.4. The molecule has 0 fully saturated rings. The smallest absolute Gasteiger partial charge is 0.188 e. The van der Waals surface area contributed by atoms with Gasteiger partial charge in [0.1, 0.15) is 0 Å². The van der Waals surface area contributed by atoms with E-state index in [1.165, 1.54) is 4.78 Å². The highest BCUT2D eigenvalue weighted by molar-refractivity contribution is 8.11. The maximum Gasteiger partial charge on any atom is 0.188 e. The third kappa shape index (κ3) is 4.78. The Morgan fingerprint density at radius 1 is 0.857 bits per heavy atom. The van der Waals surface area contributed by atoms with Gasteiger partial charge < -0.3 is 10.9 Å². The van der Waals surface area contributed by atoms with E-state index in [-0.39, 0.29) is 0 Å². The molecule has 0 saturated heterocycles. The molecule has 0 heterocycles. The van der Waals surface area contributed by atoms with Crippen LogP contribution in [-0.4, -0.2) is 11.8 Å². The van der Waals surface area contributed by atoms with Crippen LogP contribution >= 0.6 is 6.49 Å². The SMILES string of the molecule is CN(N)P(=S)(NNc1ccccc1)NNc1ccccc1. The van der Waals surface area contributed by atoms with Gasteiger partial charge in [-0.3, -0.25) is 5.84 Å². The molecule has 0 unspecified atom stereocenters. The molecular weight excluding hydrogens is 303 g/mol. The summed E-state index contributed by atoms with van der Waals surface area (Å²) in [7, 11) is 1.72. The first-order valence-electron chi connectivity index (χ1n) is 6.36. The molecule has 0 aromatic heterocycles. The average Bonchev–Trinajstić information content (AvgIpc) is 2.53. The van der Waals surface area contributed by atoms with E-state index < -0.39 is 6.49 Å². The highest BCUT2D eigenvalue weighted by Crippen LogP contribution is 2.36. The summed E-state index contributed by atoms with van der Waals surface area (Å²) in [5, 5.41) is 6.17. The summed E-state index contributed by atoms with van der Waals surface area (Å²) in [6, 6.07) is 19.4. The predicted molar refractivity (Wildman–Crippen MR) is 92.6 cm³/mol. The molecule has 0 bridgehead atoms. The van der Waals surface area contributed by atoms with Crippen LogP contribution in [0.4, 0.5) is 11.4 Å². The minimum atomic E-state index is -2.40. The molecule has 0 saturated carbocycles. The summed E-state index contributed by atoms with van der Waals surface area (Å²) in [4.78, 5) is 0. The zero-order chi connectivity index (χ0) is 15.1. The largest absolute Gasteiger partial charge is 0.315 e. The molecule has 2 aromatic rings. The number of anilines is 2. The summed E-state index contributed by atoms with van der Waals surface area (Å²) in [6.45, 7) is -2.40. The van der Waals surface area contributed by atoms with Gasteiger partial charge in [0.2, 0.25) is 0 Å². The van der Waals surface area contributed by atoms with Gasteiger partial charge in [0.05, 0.1) is 0 Å². The number of para-hydroxylation sites is 2. The topological polar surface area (TPSA) is 77.4 Å². The fraction of sp³-hybridized carbons (Fsp3) is 0.0769. The Morgan fingerprint density at radius 3 is 1.57 bits per heavy atom. The maximum absolute atomic E-state index is 5.87. The third-order valence-electron chi connectivity index (χ3n) is 2.70. The van der Waals surface area contributed by atoms with Crippen molar-refractivity contribution in [2.75, 3.05) is 17.9 Å². The van der Waals surface area contributed by atoms with Crippen molar-refractivity contribution in [3.8, 4) is 0 Å². The summed E-state index contributed by atoms with van der Waals surface area (Å²) >= 11 is 5.59. The van der Waals surface area contributed by atoms with E-state index in [1.54, 1.807) is 7.05 Å². The molecule has 6 N–H and O–H groups in total. The van der Waals surface area contributed by atoms with E-state index in [2.05, 4.69) is 21.2 Å². The molecule has 21 heavy (non-hydrogen) atoms. The number of nitrogens with two attached hydrogens (primary N) is 1. The van der Waals surface area contributed by atoms with Crippen molar-refractivity contribution >= 4 is 29.7 Å². The van der Waals surface area contributed by atoms with Crippen molar-refractivity contribution in [1.29, 1.82) is 0 Å². The van der Waals surface area contributed by atoms with Crippen LogP contribution in [0.3, 0.4) is 0 Å². The number of nitrogens with one attached hydrogen (secondary N) is 4. The fourth-order valence-electron chi connectivity index (χ4n) is 1.51. The highest BCUT2D eigenvalue weighted by Gasteiger charge is 2.19. The van der Waals surface area contributed by atoms with E-state index in [9.17, 15) is 0 Å². The molecule has 0 radical (unpaired) electrons. The van der Waals surface area contributed by atoms with Gasteiger partial charge >= 0.3 is 0 Å². The molecule has 6 nitrogen and oxygen atoms in total. The second-order valence-corrected chi connectivity index (χ2v) is 8.17. The standard InChI is InChI=1S/C13H19N6PS/c1-19(14)20(21,17-15-12-8-4-2-5-9-12)18-16-13-10-6-3-7-11-13/h2-11,15-16H,14H2,1H3,(H2,17,18,21). The van der Waals surface area contributed by atoms with Gasteiger partial charge in [0, 0.05) is 18.4 Å². The normalized spacial score (nSPS) is 11.4. The number of hydrogen-bond donors (Lipinski definition) is 5. The van der Waals surface area contributed by atoms with Crippen LogP contribution in [0, 0.1) is 0 Å². The lowest BCUT2D eigenvalue weighted by Gasteiger charge is -2.30. The van der Waals surface area contributed by atoms with Crippen molar-refractivity contribution in [1.82, 2.24) is 15.2 Å². The minimum Gasteiger partial charge on any atom is -0.315 e. The molecule has 112 valence electrons. The van der Waals surface area contributed by atoms with E-state index in [4.69, 9.17) is 17.6 Å².